The molecule has 1 aromatic rings. The number of amides is 1. The fourth-order valence-electron chi connectivity index (χ4n) is 2.81. The van der Waals surface area contributed by atoms with Gasteiger partial charge in [-0.05, 0) is 37.8 Å². The molecule has 139 valence electrons. The minimum absolute atomic E-state index is 0.154. The fraction of sp³-hybridized carbons (Fsp3) is 0.450. The first-order chi connectivity index (χ1) is 12.3. The molecule has 1 aromatic carbocycles. The maximum atomic E-state index is 13.0. The van der Waals surface area contributed by atoms with Gasteiger partial charge in [-0.3, -0.25) is 4.79 Å². The van der Waals surface area contributed by atoms with Crippen LogP contribution in [0.4, 0.5) is 4.79 Å². The van der Waals surface area contributed by atoms with Crippen molar-refractivity contribution in [1.29, 1.82) is 0 Å². The molecule has 2 rings (SSSR count). The molecule has 0 spiro atoms. The van der Waals surface area contributed by atoms with Crippen molar-refractivity contribution in [3.05, 3.63) is 47.7 Å². The van der Waals surface area contributed by atoms with Crippen LogP contribution in [-0.2, 0) is 16.1 Å². The lowest BCUT2D eigenvalue weighted by molar-refractivity contribution is -0.124. The summed E-state index contributed by atoms with van der Waals surface area (Å²) in [5, 5.41) is 5.54. The van der Waals surface area contributed by atoms with E-state index in [1.807, 2.05) is 51.1 Å². The van der Waals surface area contributed by atoms with Crippen molar-refractivity contribution in [2.75, 3.05) is 0 Å². The molecular weight excluding hydrogens is 330 g/mol. The number of aliphatic imine (C=N–C) groups is 1. The van der Waals surface area contributed by atoms with E-state index in [0.29, 0.717) is 6.42 Å². The quantitative estimate of drug-likeness (QED) is 0.787. The van der Waals surface area contributed by atoms with Gasteiger partial charge in [-0.15, -0.1) is 0 Å². The summed E-state index contributed by atoms with van der Waals surface area (Å²) in [7, 11) is 0. The summed E-state index contributed by atoms with van der Waals surface area (Å²) in [5.74, 6) is 0.0398. The van der Waals surface area contributed by atoms with E-state index < -0.39 is 17.7 Å². The molecule has 6 heteroatoms. The largest absolute Gasteiger partial charge is 0.445 e. The monoisotopic (exact) mass is 356 g/mol. The van der Waals surface area contributed by atoms with Crippen molar-refractivity contribution in [3.63, 3.8) is 0 Å². The Morgan fingerprint density at radius 1 is 1.31 bits per heavy atom. The highest BCUT2D eigenvalue weighted by Gasteiger charge is 2.38. The average molecular weight is 356 g/mol. The molecule has 0 saturated heterocycles. The number of carbonyl (C=O) groups excluding carboxylic acids is 2. The van der Waals surface area contributed by atoms with Crippen molar-refractivity contribution in [3.8, 4) is 0 Å². The number of ketones is 1. The molecule has 2 atom stereocenters. The van der Waals surface area contributed by atoms with Crippen LogP contribution in [0.2, 0.25) is 0 Å². The molecular formula is C20H26N3O3. The second kappa shape index (κ2) is 8.65. The topological polar surface area (TPSA) is 79.8 Å². The summed E-state index contributed by atoms with van der Waals surface area (Å²) >= 11 is 0. The van der Waals surface area contributed by atoms with E-state index in [2.05, 4.69) is 22.0 Å². The molecule has 26 heavy (non-hydrogen) atoms. The first-order valence-corrected chi connectivity index (χ1v) is 8.74. The van der Waals surface area contributed by atoms with E-state index in [9.17, 15) is 9.59 Å². The van der Waals surface area contributed by atoms with E-state index in [-0.39, 0.29) is 18.3 Å². The predicted molar refractivity (Wildman–Crippen MR) is 101 cm³/mol. The van der Waals surface area contributed by atoms with Crippen LogP contribution in [0.25, 0.3) is 0 Å². The maximum absolute atomic E-state index is 13.0. The molecule has 1 aliphatic heterocycles. The highest BCUT2D eigenvalue weighted by atomic mass is 16.5. The number of Topliss-reactive ketones (excluding diaryl/α,β-unsaturated/α-hetero) is 1. The van der Waals surface area contributed by atoms with Gasteiger partial charge in [0.2, 0.25) is 0 Å². The summed E-state index contributed by atoms with van der Waals surface area (Å²) in [6, 6.07) is 8.71. The van der Waals surface area contributed by atoms with Gasteiger partial charge in [-0.25, -0.2) is 9.79 Å². The zero-order valence-electron chi connectivity index (χ0n) is 15.7. The van der Waals surface area contributed by atoms with E-state index in [4.69, 9.17) is 4.74 Å². The van der Waals surface area contributed by atoms with Crippen LogP contribution in [0.1, 0.15) is 39.7 Å². The molecule has 1 heterocycles. The molecule has 0 aliphatic carbocycles. The smallest absolute Gasteiger partial charge is 0.408 e. The Balaban J connectivity index is 2.04. The van der Waals surface area contributed by atoms with Crippen LogP contribution in [0, 0.1) is 5.92 Å². The third kappa shape index (κ3) is 5.44. The minimum atomic E-state index is -1.05. The number of alkyl carbamates (subject to hydrolysis) is 1. The maximum Gasteiger partial charge on any atom is 0.408 e. The molecule has 2 N–H and O–H groups in total. The summed E-state index contributed by atoms with van der Waals surface area (Å²) in [6.07, 6.45) is 4.29. The van der Waals surface area contributed by atoms with Gasteiger partial charge in [0.1, 0.15) is 12.1 Å². The Morgan fingerprint density at radius 3 is 2.62 bits per heavy atom. The normalized spacial score (nSPS) is 20.1. The highest BCUT2D eigenvalue weighted by molar-refractivity contribution is 5.98. The number of carbonyl (C=O) groups is 2. The van der Waals surface area contributed by atoms with Gasteiger partial charge in [0.15, 0.2) is 12.1 Å². The van der Waals surface area contributed by atoms with E-state index in [1.165, 1.54) is 0 Å². The number of allylic oxidation sites excluding steroid dienone is 1. The van der Waals surface area contributed by atoms with Crippen LogP contribution >= 0.6 is 0 Å². The van der Waals surface area contributed by atoms with E-state index in [1.54, 1.807) is 13.0 Å². The van der Waals surface area contributed by atoms with Gasteiger partial charge in [-0.1, -0.05) is 44.2 Å². The van der Waals surface area contributed by atoms with Crippen molar-refractivity contribution in [2.45, 2.75) is 52.3 Å². The SMILES string of the molecule is CC1=CC(C)(C(=O)[C@H](CC(C)C)NC(=O)OCc2ccccc2)N=[C]N1. The lowest BCUT2D eigenvalue weighted by Crippen LogP contribution is -2.51. The summed E-state index contributed by atoms with van der Waals surface area (Å²) in [6.45, 7) is 7.71. The van der Waals surface area contributed by atoms with Crippen molar-refractivity contribution in [2.24, 2.45) is 10.9 Å². The fourth-order valence-corrected chi connectivity index (χ4v) is 2.81. The van der Waals surface area contributed by atoms with Gasteiger partial charge >= 0.3 is 6.09 Å². The molecule has 0 saturated carbocycles. The van der Waals surface area contributed by atoms with Crippen LogP contribution < -0.4 is 10.6 Å². The predicted octanol–water partition coefficient (Wildman–Crippen LogP) is 3.07. The van der Waals surface area contributed by atoms with Crippen LogP contribution in [0.15, 0.2) is 47.1 Å². The molecule has 6 nitrogen and oxygen atoms in total. The van der Waals surface area contributed by atoms with Crippen molar-refractivity contribution in [1.82, 2.24) is 10.6 Å². The van der Waals surface area contributed by atoms with Gasteiger partial charge in [0.25, 0.3) is 0 Å². The second-order valence-electron chi connectivity index (χ2n) is 7.08. The van der Waals surface area contributed by atoms with Crippen LogP contribution in [-0.4, -0.2) is 29.8 Å². The van der Waals surface area contributed by atoms with Gasteiger partial charge in [-0.2, -0.15) is 0 Å². The zero-order chi connectivity index (χ0) is 19.2. The number of benzene rings is 1. The minimum Gasteiger partial charge on any atom is -0.445 e. The Labute approximate surface area is 154 Å². The lowest BCUT2D eigenvalue weighted by Gasteiger charge is -2.29. The molecule has 1 aliphatic rings. The Kier molecular flexibility index (Phi) is 6.55. The van der Waals surface area contributed by atoms with Crippen LogP contribution in [0.3, 0.4) is 0 Å². The molecule has 0 fully saturated rings. The average Bonchev–Trinajstić information content (AvgIpc) is 2.59. The van der Waals surface area contributed by atoms with Crippen molar-refractivity contribution >= 4 is 18.2 Å². The number of hydrogen-bond donors (Lipinski definition) is 2. The third-order valence-electron chi connectivity index (χ3n) is 4.07. The standard InChI is InChI=1S/C20H26N3O3/c1-14(2)10-17(18(24)20(4)11-15(3)21-13-22-20)23-19(25)26-12-16-8-6-5-7-9-16/h5-9,11,14,17H,10,12H2,1-4H3,(H,21,22)(H,23,25)/t17-,20?/m0/s1. The summed E-state index contributed by atoms with van der Waals surface area (Å²) < 4.78 is 5.26. The lowest BCUT2D eigenvalue weighted by atomic mass is 9.86. The molecule has 1 unspecified atom stereocenters. The second-order valence-corrected chi connectivity index (χ2v) is 7.08. The number of rotatable bonds is 7. The highest BCUT2D eigenvalue weighted by Crippen LogP contribution is 2.22. The van der Waals surface area contributed by atoms with E-state index >= 15 is 0 Å². The van der Waals surface area contributed by atoms with Gasteiger partial charge in [0.05, 0.1) is 6.04 Å². The molecule has 0 bridgehead atoms. The van der Waals surface area contributed by atoms with E-state index in [0.717, 1.165) is 11.3 Å². The molecule has 1 radical (unpaired) electrons. The Bertz CT molecular complexity index is 698. The Morgan fingerprint density at radius 2 is 2.00 bits per heavy atom. The summed E-state index contributed by atoms with van der Waals surface area (Å²) in [5.41, 5.74) is 0.630. The first kappa shape index (κ1) is 19.7. The number of ether oxygens (including phenoxy) is 1. The zero-order valence-corrected chi connectivity index (χ0v) is 15.7. The third-order valence-corrected chi connectivity index (χ3v) is 4.07. The van der Waals surface area contributed by atoms with Crippen LogP contribution in [0.5, 0.6) is 0 Å². The van der Waals surface area contributed by atoms with Gasteiger partial charge < -0.3 is 15.4 Å². The van der Waals surface area contributed by atoms with Gasteiger partial charge in [0, 0.05) is 5.70 Å². The van der Waals surface area contributed by atoms with Crippen molar-refractivity contribution < 1.29 is 14.3 Å². The number of nitrogens with one attached hydrogen (secondary N) is 2. The Hall–Kier alpha value is -2.63. The molecule has 1 amide bonds. The first-order valence-electron chi connectivity index (χ1n) is 8.74. The number of nitrogens with zero attached hydrogens (tertiary/aromatic N) is 1. The summed E-state index contributed by atoms with van der Waals surface area (Å²) in [4.78, 5) is 29.4. The molecule has 0 aromatic heterocycles. The number of hydrogen-bond acceptors (Lipinski definition) is 5.